The summed E-state index contributed by atoms with van der Waals surface area (Å²) in [5.41, 5.74) is 9.25. The highest BCUT2D eigenvalue weighted by atomic mass is 35.5. The number of nitrogens with two attached hydrogens (primary N) is 1. The monoisotopic (exact) mass is 291 g/mol. The van der Waals surface area contributed by atoms with Crippen molar-refractivity contribution in [1.29, 1.82) is 0 Å². The Bertz CT molecular complexity index is 729. The molecule has 2 N–H and O–H groups in total. The number of fused-ring (bicyclic) bond motifs is 1. The highest BCUT2D eigenvalue weighted by molar-refractivity contribution is 7.16. The van der Waals surface area contributed by atoms with Gasteiger partial charge in [-0.25, -0.2) is 4.98 Å². The fourth-order valence-corrected chi connectivity index (χ4v) is 3.28. The summed E-state index contributed by atoms with van der Waals surface area (Å²) < 4.78 is 2.89. The minimum Gasteiger partial charge on any atom is -0.369 e. The van der Waals surface area contributed by atoms with E-state index in [1.54, 1.807) is 11.3 Å². The van der Waals surface area contributed by atoms with Gasteiger partial charge in [-0.15, -0.1) is 11.3 Å². The van der Waals surface area contributed by atoms with Crippen LogP contribution in [0.1, 0.15) is 10.4 Å². The summed E-state index contributed by atoms with van der Waals surface area (Å²) in [7, 11) is 0. The summed E-state index contributed by atoms with van der Waals surface area (Å²) in [5, 5.41) is 0. The Morgan fingerprint density at radius 3 is 2.89 bits per heavy atom. The number of rotatable bonds is 3. The Kier molecular flexibility index (Phi) is 3.21. The first-order valence-electron chi connectivity index (χ1n) is 6.10. The Balaban J connectivity index is 1.90. The van der Waals surface area contributed by atoms with Gasteiger partial charge in [0.2, 0.25) is 5.95 Å². The second-order valence-corrected chi connectivity index (χ2v) is 6.37. The van der Waals surface area contributed by atoms with E-state index in [1.807, 2.05) is 6.07 Å². The number of nitrogen functional groups attached to an aromatic ring is 1. The van der Waals surface area contributed by atoms with Gasteiger partial charge in [-0.05, 0) is 43.2 Å². The Morgan fingerprint density at radius 1 is 1.32 bits per heavy atom. The first-order valence-corrected chi connectivity index (χ1v) is 7.29. The van der Waals surface area contributed by atoms with Crippen LogP contribution in [-0.4, -0.2) is 9.55 Å². The van der Waals surface area contributed by atoms with Crippen LogP contribution < -0.4 is 5.73 Å². The van der Waals surface area contributed by atoms with Gasteiger partial charge in [0.25, 0.3) is 0 Å². The van der Waals surface area contributed by atoms with Gasteiger partial charge in [0.15, 0.2) is 0 Å². The Morgan fingerprint density at radius 2 is 2.16 bits per heavy atom. The molecule has 0 saturated heterocycles. The fraction of sp³-hybridized carbons (Fsp3) is 0.214. The SMILES string of the molecule is Cc1ccc2c(c1)nc(N)n2CCc1ccc(Cl)s1. The van der Waals surface area contributed by atoms with E-state index in [0.717, 1.165) is 28.3 Å². The van der Waals surface area contributed by atoms with Crippen molar-refractivity contribution in [3.63, 3.8) is 0 Å². The fourth-order valence-electron chi connectivity index (χ4n) is 2.20. The summed E-state index contributed by atoms with van der Waals surface area (Å²) in [6.07, 6.45) is 0.918. The van der Waals surface area contributed by atoms with Crippen LogP contribution in [0, 0.1) is 6.92 Å². The van der Waals surface area contributed by atoms with E-state index in [9.17, 15) is 0 Å². The van der Waals surface area contributed by atoms with Crippen LogP contribution in [0.15, 0.2) is 30.3 Å². The van der Waals surface area contributed by atoms with E-state index in [2.05, 4.69) is 40.7 Å². The largest absolute Gasteiger partial charge is 0.369 e. The molecule has 0 fully saturated rings. The highest BCUT2D eigenvalue weighted by Gasteiger charge is 2.08. The van der Waals surface area contributed by atoms with Crippen molar-refractivity contribution in [3.8, 4) is 0 Å². The van der Waals surface area contributed by atoms with Crippen LogP contribution >= 0.6 is 22.9 Å². The molecule has 3 aromatic rings. The van der Waals surface area contributed by atoms with E-state index in [4.69, 9.17) is 17.3 Å². The lowest BCUT2D eigenvalue weighted by Crippen LogP contribution is -2.05. The molecule has 0 aliphatic heterocycles. The van der Waals surface area contributed by atoms with Crippen molar-refractivity contribution in [3.05, 3.63) is 45.1 Å². The van der Waals surface area contributed by atoms with Gasteiger partial charge in [0.05, 0.1) is 15.4 Å². The average Bonchev–Trinajstić information content (AvgIpc) is 2.89. The minimum absolute atomic E-state index is 0.572. The van der Waals surface area contributed by atoms with Gasteiger partial charge in [0.1, 0.15) is 0 Å². The number of anilines is 1. The smallest absolute Gasteiger partial charge is 0.201 e. The van der Waals surface area contributed by atoms with Crippen LogP contribution in [0.4, 0.5) is 5.95 Å². The van der Waals surface area contributed by atoms with E-state index < -0.39 is 0 Å². The lowest BCUT2D eigenvalue weighted by atomic mass is 10.2. The zero-order valence-electron chi connectivity index (χ0n) is 10.6. The normalized spacial score (nSPS) is 11.3. The van der Waals surface area contributed by atoms with Gasteiger partial charge >= 0.3 is 0 Å². The number of thiophene rings is 1. The van der Waals surface area contributed by atoms with Crippen molar-refractivity contribution >= 4 is 39.9 Å². The van der Waals surface area contributed by atoms with Crippen LogP contribution in [0.3, 0.4) is 0 Å². The van der Waals surface area contributed by atoms with Gasteiger partial charge in [-0.1, -0.05) is 17.7 Å². The number of hydrogen-bond donors (Lipinski definition) is 1. The third-order valence-electron chi connectivity index (χ3n) is 3.14. The molecule has 0 aliphatic rings. The molecule has 1 aromatic carbocycles. The summed E-state index contributed by atoms with van der Waals surface area (Å²) in [5.74, 6) is 0.572. The van der Waals surface area contributed by atoms with Crippen molar-refractivity contribution in [2.45, 2.75) is 19.9 Å². The number of aromatic nitrogens is 2. The standard InChI is InChI=1S/C14H14ClN3S/c1-9-2-4-12-11(8-9)17-14(16)18(12)7-6-10-3-5-13(15)19-10/h2-5,8H,6-7H2,1H3,(H2,16,17). The lowest BCUT2D eigenvalue weighted by Gasteiger charge is -2.05. The number of benzene rings is 1. The van der Waals surface area contributed by atoms with E-state index in [1.165, 1.54) is 10.4 Å². The third kappa shape index (κ3) is 2.46. The van der Waals surface area contributed by atoms with Gasteiger partial charge in [0, 0.05) is 11.4 Å². The molecule has 2 heterocycles. The van der Waals surface area contributed by atoms with E-state index in [-0.39, 0.29) is 0 Å². The summed E-state index contributed by atoms with van der Waals surface area (Å²) in [6.45, 7) is 2.88. The van der Waals surface area contributed by atoms with Crippen LogP contribution in [0.2, 0.25) is 4.34 Å². The molecule has 98 valence electrons. The molecule has 3 rings (SSSR count). The number of imidazole rings is 1. The Labute approximate surface area is 120 Å². The van der Waals surface area contributed by atoms with Crippen LogP contribution in [0.25, 0.3) is 11.0 Å². The van der Waals surface area contributed by atoms with Crippen molar-refractivity contribution < 1.29 is 0 Å². The lowest BCUT2D eigenvalue weighted by molar-refractivity contribution is 0.733. The molecule has 0 unspecified atom stereocenters. The van der Waals surface area contributed by atoms with Gasteiger partial charge in [-0.3, -0.25) is 0 Å². The van der Waals surface area contributed by atoms with E-state index >= 15 is 0 Å². The summed E-state index contributed by atoms with van der Waals surface area (Å²) in [6, 6.07) is 10.2. The number of nitrogens with zero attached hydrogens (tertiary/aromatic N) is 2. The average molecular weight is 292 g/mol. The molecule has 0 radical (unpaired) electrons. The first-order chi connectivity index (χ1) is 9.13. The van der Waals surface area contributed by atoms with Crippen molar-refractivity contribution in [2.24, 2.45) is 0 Å². The predicted octanol–water partition coefficient (Wildman–Crippen LogP) is 3.88. The van der Waals surface area contributed by atoms with Gasteiger partial charge in [-0.2, -0.15) is 0 Å². The number of aryl methyl sites for hydroxylation is 3. The maximum Gasteiger partial charge on any atom is 0.201 e. The van der Waals surface area contributed by atoms with Crippen LogP contribution in [0.5, 0.6) is 0 Å². The molecular weight excluding hydrogens is 278 g/mol. The zero-order chi connectivity index (χ0) is 13.4. The molecule has 0 aliphatic carbocycles. The zero-order valence-corrected chi connectivity index (χ0v) is 12.1. The summed E-state index contributed by atoms with van der Waals surface area (Å²) in [4.78, 5) is 5.67. The molecule has 0 atom stereocenters. The molecule has 5 heteroatoms. The molecule has 0 bridgehead atoms. The minimum atomic E-state index is 0.572. The molecule has 0 amide bonds. The maximum atomic E-state index is 6.00. The second kappa shape index (κ2) is 4.87. The predicted molar refractivity (Wildman–Crippen MR) is 81.9 cm³/mol. The Hall–Kier alpha value is -1.52. The topological polar surface area (TPSA) is 43.8 Å². The summed E-state index contributed by atoms with van der Waals surface area (Å²) >= 11 is 7.55. The molecule has 2 aromatic heterocycles. The number of hydrogen-bond acceptors (Lipinski definition) is 3. The maximum absolute atomic E-state index is 6.00. The van der Waals surface area contributed by atoms with E-state index in [0.29, 0.717) is 5.95 Å². The second-order valence-electron chi connectivity index (χ2n) is 4.57. The molecule has 3 nitrogen and oxygen atoms in total. The van der Waals surface area contributed by atoms with Crippen LogP contribution in [-0.2, 0) is 13.0 Å². The van der Waals surface area contributed by atoms with Gasteiger partial charge < -0.3 is 10.3 Å². The van der Waals surface area contributed by atoms with Crippen molar-refractivity contribution in [2.75, 3.05) is 5.73 Å². The molecular formula is C14H14ClN3S. The molecule has 0 saturated carbocycles. The highest BCUT2D eigenvalue weighted by Crippen LogP contribution is 2.24. The molecule has 19 heavy (non-hydrogen) atoms. The quantitative estimate of drug-likeness (QED) is 0.796. The third-order valence-corrected chi connectivity index (χ3v) is 4.43. The first kappa shape index (κ1) is 12.5. The number of halogens is 1. The van der Waals surface area contributed by atoms with Crippen molar-refractivity contribution in [1.82, 2.24) is 9.55 Å². The molecule has 0 spiro atoms.